The van der Waals surface area contributed by atoms with E-state index in [1.165, 1.54) is 42.6 Å². The van der Waals surface area contributed by atoms with E-state index in [-0.39, 0.29) is 29.0 Å². The van der Waals surface area contributed by atoms with Crippen LogP contribution < -0.4 is 10.9 Å². The molecular formula is C21H16F3N3O4. The highest BCUT2D eigenvalue weighted by Crippen LogP contribution is 2.29. The molecule has 2 aromatic carbocycles. The lowest BCUT2D eigenvalue weighted by Gasteiger charge is -2.12. The molecule has 0 saturated heterocycles. The largest absolute Gasteiger partial charge is 0.416 e. The van der Waals surface area contributed by atoms with E-state index in [1.54, 1.807) is 6.92 Å². The van der Waals surface area contributed by atoms with Gasteiger partial charge in [-0.15, -0.1) is 0 Å². The standard InChI is InChI=1S/C21H16F3N3O4/c1-13-5-7-17(27(30)31)10-18(13)25-20(29)15-6-8-19(28)26(12-15)11-14-3-2-4-16(9-14)21(22,23)24/h2-10,12H,11H2,1H3,(H,25,29). The molecule has 0 spiro atoms. The molecule has 160 valence electrons. The number of hydrogen-bond acceptors (Lipinski definition) is 4. The van der Waals surface area contributed by atoms with E-state index >= 15 is 0 Å². The van der Waals surface area contributed by atoms with Gasteiger partial charge in [-0.2, -0.15) is 13.2 Å². The molecule has 0 unspecified atom stereocenters. The van der Waals surface area contributed by atoms with Crippen molar-refractivity contribution in [1.29, 1.82) is 0 Å². The third-order valence-electron chi connectivity index (χ3n) is 4.53. The third-order valence-corrected chi connectivity index (χ3v) is 4.53. The van der Waals surface area contributed by atoms with Gasteiger partial charge in [0.1, 0.15) is 0 Å². The minimum Gasteiger partial charge on any atom is -0.321 e. The Bertz CT molecular complexity index is 1220. The fourth-order valence-electron chi connectivity index (χ4n) is 2.88. The number of halogens is 3. The molecule has 1 amide bonds. The molecule has 1 aromatic heterocycles. The normalized spacial score (nSPS) is 11.2. The van der Waals surface area contributed by atoms with Crippen LogP contribution in [-0.2, 0) is 12.7 Å². The highest BCUT2D eigenvalue weighted by Gasteiger charge is 2.30. The highest BCUT2D eigenvalue weighted by atomic mass is 19.4. The zero-order chi connectivity index (χ0) is 22.8. The van der Waals surface area contributed by atoms with Crippen LogP contribution in [0.15, 0.2) is 65.6 Å². The van der Waals surface area contributed by atoms with Crippen molar-refractivity contribution in [1.82, 2.24) is 4.57 Å². The van der Waals surface area contributed by atoms with Gasteiger partial charge >= 0.3 is 6.18 Å². The van der Waals surface area contributed by atoms with Crippen LogP contribution in [0, 0.1) is 17.0 Å². The molecule has 3 aromatic rings. The van der Waals surface area contributed by atoms with Gasteiger partial charge in [-0.05, 0) is 36.2 Å². The van der Waals surface area contributed by atoms with Gasteiger partial charge in [-0.3, -0.25) is 19.7 Å². The molecule has 3 rings (SSSR count). The summed E-state index contributed by atoms with van der Waals surface area (Å²) in [5, 5.41) is 13.5. The number of amides is 1. The van der Waals surface area contributed by atoms with Crippen LogP contribution in [0.3, 0.4) is 0 Å². The maximum atomic E-state index is 12.9. The van der Waals surface area contributed by atoms with E-state index in [4.69, 9.17) is 0 Å². The molecule has 0 radical (unpaired) electrons. The second-order valence-electron chi connectivity index (χ2n) is 6.79. The first-order valence-corrected chi connectivity index (χ1v) is 8.97. The zero-order valence-corrected chi connectivity index (χ0v) is 16.1. The van der Waals surface area contributed by atoms with Crippen molar-refractivity contribution in [3.05, 3.63) is 104 Å². The molecule has 1 N–H and O–H groups in total. The fraction of sp³-hybridized carbons (Fsp3) is 0.143. The van der Waals surface area contributed by atoms with Crippen LogP contribution in [0.2, 0.25) is 0 Å². The van der Waals surface area contributed by atoms with Crippen LogP contribution in [0.4, 0.5) is 24.5 Å². The van der Waals surface area contributed by atoms with Crippen LogP contribution >= 0.6 is 0 Å². The number of rotatable bonds is 5. The number of aromatic nitrogens is 1. The minimum absolute atomic E-state index is 0.0671. The van der Waals surface area contributed by atoms with Gasteiger partial charge in [0.05, 0.1) is 28.3 Å². The Morgan fingerprint density at radius 1 is 1.13 bits per heavy atom. The van der Waals surface area contributed by atoms with Gasteiger partial charge in [-0.1, -0.05) is 18.2 Å². The Balaban J connectivity index is 1.86. The number of hydrogen-bond donors (Lipinski definition) is 1. The van der Waals surface area contributed by atoms with Gasteiger partial charge in [0.25, 0.3) is 17.2 Å². The lowest BCUT2D eigenvalue weighted by Crippen LogP contribution is -2.23. The molecule has 1 heterocycles. The Morgan fingerprint density at radius 2 is 1.87 bits per heavy atom. The number of alkyl halides is 3. The minimum atomic E-state index is -4.52. The number of aryl methyl sites for hydroxylation is 1. The molecular weight excluding hydrogens is 415 g/mol. The summed E-state index contributed by atoms with van der Waals surface area (Å²) in [5.41, 5.74) is -0.406. The monoisotopic (exact) mass is 431 g/mol. The summed E-state index contributed by atoms with van der Waals surface area (Å²) in [7, 11) is 0. The Labute approximate surface area is 173 Å². The maximum absolute atomic E-state index is 12.9. The van der Waals surface area contributed by atoms with Crippen molar-refractivity contribution in [2.45, 2.75) is 19.6 Å². The number of nitro benzene ring substituents is 1. The topological polar surface area (TPSA) is 94.2 Å². The summed E-state index contributed by atoms with van der Waals surface area (Å²) in [6, 6.07) is 11.0. The number of carbonyl (C=O) groups is 1. The van der Waals surface area contributed by atoms with Crippen molar-refractivity contribution in [3.63, 3.8) is 0 Å². The van der Waals surface area contributed by atoms with Crippen LogP contribution in [0.1, 0.15) is 27.0 Å². The van der Waals surface area contributed by atoms with Crippen molar-refractivity contribution >= 4 is 17.3 Å². The van der Waals surface area contributed by atoms with Crippen molar-refractivity contribution in [2.24, 2.45) is 0 Å². The van der Waals surface area contributed by atoms with Crippen LogP contribution in [-0.4, -0.2) is 15.4 Å². The summed E-state index contributed by atoms with van der Waals surface area (Å²) in [6.07, 6.45) is -3.29. The number of carbonyl (C=O) groups excluding carboxylic acids is 1. The molecule has 0 bridgehead atoms. The number of non-ortho nitro benzene ring substituents is 1. The first-order valence-electron chi connectivity index (χ1n) is 8.97. The molecule has 0 aliphatic carbocycles. The van der Waals surface area contributed by atoms with E-state index < -0.39 is 28.1 Å². The summed E-state index contributed by atoms with van der Waals surface area (Å²) in [4.78, 5) is 35.1. The number of nitro groups is 1. The summed E-state index contributed by atoms with van der Waals surface area (Å²) >= 11 is 0. The number of pyridine rings is 1. The van der Waals surface area contributed by atoms with Gasteiger partial charge in [0.2, 0.25) is 0 Å². The summed E-state index contributed by atoms with van der Waals surface area (Å²) in [5.74, 6) is -0.624. The Hall–Kier alpha value is -3.95. The third kappa shape index (κ3) is 5.16. The van der Waals surface area contributed by atoms with Crippen LogP contribution in [0.5, 0.6) is 0 Å². The van der Waals surface area contributed by atoms with E-state index in [0.717, 1.165) is 22.8 Å². The second kappa shape index (κ2) is 8.42. The molecule has 0 fully saturated rings. The second-order valence-corrected chi connectivity index (χ2v) is 6.79. The molecule has 0 aliphatic rings. The van der Waals surface area contributed by atoms with Crippen molar-refractivity contribution < 1.29 is 22.9 Å². The Morgan fingerprint density at radius 3 is 2.55 bits per heavy atom. The SMILES string of the molecule is Cc1ccc([N+](=O)[O-])cc1NC(=O)c1ccc(=O)n(Cc2cccc(C(F)(F)F)c2)c1. The molecule has 7 nitrogen and oxygen atoms in total. The average molecular weight is 431 g/mol. The van der Waals surface area contributed by atoms with Gasteiger partial charge in [0, 0.05) is 24.4 Å². The first-order chi connectivity index (χ1) is 14.5. The van der Waals surface area contributed by atoms with Gasteiger partial charge in [-0.25, -0.2) is 0 Å². The number of nitrogens with one attached hydrogen (secondary N) is 1. The molecule has 0 aliphatic heterocycles. The summed E-state index contributed by atoms with van der Waals surface area (Å²) in [6.45, 7) is 1.49. The van der Waals surface area contributed by atoms with Gasteiger partial charge < -0.3 is 9.88 Å². The Kier molecular flexibility index (Phi) is 5.91. The molecule has 10 heteroatoms. The molecule has 31 heavy (non-hydrogen) atoms. The summed E-state index contributed by atoms with van der Waals surface area (Å²) < 4.78 is 39.8. The lowest BCUT2D eigenvalue weighted by molar-refractivity contribution is -0.384. The average Bonchev–Trinajstić information content (AvgIpc) is 2.70. The van der Waals surface area contributed by atoms with Crippen LogP contribution in [0.25, 0.3) is 0 Å². The quantitative estimate of drug-likeness (QED) is 0.479. The highest BCUT2D eigenvalue weighted by molar-refractivity contribution is 6.04. The predicted octanol–water partition coefficient (Wildman–Crippen LogP) is 4.38. The molecule has 0 atom stereocenters. The van der Waals surface area contributed by atoms with E-state index in [9.17, 15) is 32.9 Å². The van der Waals surface area contributed by atoms with E-state index in [0.29, 0.717) is 5.56 Å². The van der Waals surface area contributed by atoms with Crippen molar-refractivity contribution in [3.8, 4) is 0 Å². The number of anilines is 1. The molecule has 0 saturated carbocycles. The fourth-order valence-corrected chi connectivity index (χ4v) is 2.88. The number of benzene rings is 2. The van der Waals surface area contributed by atoms with E-state index in [1.807, 2.05) is 0 Å². The smallest absolute Gasteiger partial charge is 0.321 e. The van der Waals surface area contributed by atoms with E-state index in [2.05, 4.69) is 5.32 Å². The van der Waals surface area contributed by atoms with Gasteiger partial charge in [0.15, 0.2) is 0 Å². The van der Waals surface area contributed by atoms with Crippen molar-refractivity contribution in [2.75, 3.05) is 5.32 Å². The lowest BCUT2D eigenvalue weighted by atomic mass is 10.1. The number of nitrogens with zero attached hydrogens (tertiary/aromatic N) is 2. The predicted molar refractivity (Wildman–Crippen MR) is 107 cm³/mol. The maximum Gasteiger partial charge on any atom is 0.416 e. The zero-order valence-electron chi connectivity index (χ0n) is 16.1. The first kappa shape index (κ1) is 21.8.